The number of nitrogens with zero attached hydrogens (tertiary/aromatic N) is 1. The van der Waals surface area contributed by atoms with Crippen molar-refractivity contribution in [2.45, 2.75) is 0 Å². The number of aromatic carboxylic acids is 1. The quantitative estimate of drug-likeness (QED) is 0.719. The molecule has 1 aromatic carbocycles. The molecule has 1 rings (SSSR count). The fourth-order valence-electron chi connectivity index (χ4n) is 1.13. The van der Waals surface area contributed by atoms with Gasteiger partial charge in [0.1, 0.15) is 0 Å². The minimum Gasteiger partial charge on any atom is -0.478 e. The number of carboxylic acids is 1. The second-order valence-corrected chi connectivity index (χ2v) is 3.87. The van der Waals surface area contributed by atoms with Crippen molar-refractivity contribution in [2.75, 3.05) is 19.4 Å². The van der Waals surface area contributed by atoms with Gasteiger partial charge in [-0.15, -0.1) is 0 Å². The third kappa shape index (κ3) is 3.93. The molecule has 0 bridgehead atoms. The van der Waals surface area contributed by atoms with E-state index in [2.05, 4.69) is 10.7 Å². The lowest BCUT2D eigenvalue weighted by atomic mass is 10.2. The molecule has 0 heterocycles. The minimum absolute atomic E-state index is 0.00904. The van der Waals surface area contributed by atoms with Gasteiger partial charge in [-0.25, -0.2) is 14.6 Å². The van der Waals surface area contributed by atoms with Gasteiger partial charge < -0.3 is 10.4 Å². The van der Waals surface area contributed by atoms with Crippen LogP contribution in [0.15, 0.2) is 18.2 Å². The molecule has 92 valence electrons. The van der Waals surface area contributed by atoms with Gasteiger partial charge in [0.25, 0.3) is 0 Å². The zero-order valence-corrected chi connectivity index (χ0v) is 10.1. The minimum atomic E-state index is -1.11. The molecule has 0 spiro atoms. The summed E-state index contributed by atoms with van der Waals surface area (Å²) < 4.78 is 0. The number of halogens is 1. The fraction of sp³-hybridized carbons (Fsp3) is 0.200. The van der Waals surface area contributed by atoms with Gasteiger partial charge in [0.05, 0.1) is 10.6 Å². The molecule has 1 aromatic rings. The Labute approximate surface area is 103 Å². The highest BCUT2D eigenvalue weighted by molar-refractivity contribution is 6.33. The molecule has 0 radical (unpaired) electrons. The number of anilines is 1. The normalized spacial score (nSPS) is 10.1. The Bertz CT molecular complexity index is 448. The molecule has 0 fully saturated rings. The highest BCUT2D eigenvalue weighted by Crippen LogP contribution is 2.20. The van der Waals surface area contributed by atoms with E-state index in [4.69, 9.17) is 16.7 Å². The van der Waals surface area contributed by atoms with Crippen LogP contribution in [-0.4, -0.2) is 36.2 Å². The van der Waals surface area contributed by atoms with Gasteiger partial charge in [0, 0.05) is 19.8 Å². The fourth-order valence-corrected chi connectivity index (χ4v) is 1.39. The lowest BCUT2D eigenvalue weighted by Gasteiger charge is -2.13. The number of benzene rings is 1. The average molecular weight is 258 g/mol. The standard InChI is InChI=1S/C10H12ClN3O3/c1-14(2)13-10(17)12-6-3-4-7(9(15)16)8(11)5-6/h3-5H,1-2H3,(H,15,16)(H2,12,13,17). The number of urea groups is 1. The van der Waals surface area contributed by atoms with E-state index in [0.717, 1.165) is 0 Å². The van der Waals surface area contributed by atoms with Gasteiger partial charge in [-0.3, -0.25) is 5.43 Å². The Kier molecular flexibility index (Phi) is 4.30. The smallest absolute Gasteiger partial charge is 0.337 e. The Hall–Kier alpha value is -1.79. The number of hydrogen-bond acceptors (Lipinski definition) is 3. The molecule has 3 N–H and O–H groups in total. The predicted octanol–water partition coefficient (Wildman–Crippen LogP) is 1.64. The first kappa shape index (κ1) is 13.3. The summed E-state index contributed by atoms with van der Waals surface area (Å²) in [5.41, 5.74) is 2.88. The summed E-state index contributed by atoms with van der Waals surface area (Å²) in [7, 11) is 3.33. The molecule has 0 aromatic heterocycles. The molecule has 0 unspecified atom stereocenters. The van der Waals surface area contributed by atoms with Crippen LogP contribution >= 0.6 is 11.6 Å². The molecular weight excluding hydrogens is 246 g/mol. The van der Waals surface area contributed by atoms with E-state index in [1.807, 2.05) is 0 Å². The summed E-state index contributed by atoms with van der Waals surface area (Å²) in [6.45, 7) is 0. The lowest BCUT2D eigenvalue weighted by Crippen LogP contribution is -2.39. The first-order valence-corrected chi connectivity index (χ1v) is 5.05. The molecule has 7 heteroatoms. The zero-order valence-electron chi connectivity index (χ0n) is 9.32. The lowest BCUT2D eigenvalue weighted by molar-refractivity contribution is 0.0697. The predicted molar refractivity (Wildman–Crippen MR) is 64.3 cm³/mol. The van der Waals surface area contributed by atoms with E-state index in [1.165, 1.54) is 23.2 Å². The molecule has 0 saturated heterocycles. The molecule has 6 nitrogen and oxygen atoms in total. The van der Waals surface area contributed by atoms with Crippen LogP contribution in [0.25, 0.3) is 0 Å². The van der Waals surface area contributed by atoms with Crippen LogP contribution in [0.5, 0.6) is 0 Å². The Morgan fingerprint density at radius 1 is 1.35 bits per heavy atom. The van der Waals surface area contributed by atoms with Crippen molar-refractivity contribution < 1.29 is 14.7 Å². The molecule has 17 heavy (non-hydrogen) atoms. The van der Waals surface area contributed by atoms with Gasteiger partial charge in [0.15, 0.2) is 0 Å². The Morgan fingerprint density at radius 2 is 2.00 bits per heavy atom. The number of hydrogen-bond donors (Lipinski definition) is 3. The monoisotopic (exact) mass is 257 g/mol. The topological polar surface area (TPSA) is 81.7 Å². The van der Waals surface area contributed by atoms with E-state index in [9.17, 15) is 9.59 Å². The summed E-state index contributed by atoms with van der Waals surface area (Å²) >= 11 is 5.75. The number of hydrazine groups is 1. The first-order chi connectivity index (χ1) is 7.90. The molecule has 0 saturated carbocycles. The molecule has 2 amide bonds. The summed E-state index contributed by atoms with van der Waals surface area (Å²) in [5, 5.41) is 12.8. The van der Waals surface area contributed by atoms with Gasteiger partial charge in [-0.1, -0.05) is 11.6 Å². The molecule has 0 aliphatic carbocycles. The van der Waals surface area contributed by atoms with Crippen LogP contribution in [-0.2, 0) is 0 Å². The van der Waals surface area contributed by atoms with Crippen molar-refractivity contribution in [2.24, 2.45) is 0 Å². The van der Waals surface area contributed by atoms with Crippen molar-refractivity contribution >= 4 is 29.3 Å². The summed E-state index contributed by atoms with van der Waals surface area (Å²) in [4.78, 5) is 22.0. The van der Waals surface area contributed by atoms with Crippen LogP contribution in [0.2, 0.25) is 5.02 Å². The third-order valence-corrected chi connectivity index (χ3v) is 2.10. The van der Waals surface area contributed by atoms with Crippen molar-refractivity contribution in [1.29, 1.82) is 0 Å². The first-order valence-electron chi connectivity index (χ1n) is 4.68. The van der Waals surface area contributed by atoms with Crippen molar-refractivity contribution in [3.05, 3.63) is 28.8 Å². The SMILES string of the molecule is CN(C)NC(=O)Nc1ccc(C(=O)O)c(Cl)c1. The third-order valence-electron chi connectivity index (χ3n) is 1.78. The van der Waals surface area contributed by atoms with E-state index in [1.54, 1.807) is 14.1 Å². The van der Waals surface area contributed by atoms with E-state index < -0.39 is 12.0 Å². The highest BCUT2D eigenvalue weighted by Gasteiger charge is 2.10. The second-order valence-electron chi connectivity index (χ2n) is 3.46. The Balaban J connectivity index is 2.77. The summed E-state index contributed by atoms with van der Waals surface area (Å²) in [5.74, 6) is -1.11. The summed E-state index contributed by atoms with van der Waals surface area (Å²) in [6.07, 6.45) is 0. The van der Waals surface area contributed by atoms with Crippen LogP contribution in [0, 0.1) is 0 Å². The highest BCUT2D eigenvalue weighted by atomic mass is 35.5. The van der Waals surface area contributed by atoms with E-state index in [0.29, 0.717) is 5.69 Å². The number of carbonyl (C=O) groups is 2. The molecule has 0 aliphatic rings. The van der Waals surface area contributed by atoms with Gasteiger partial charge in [-0.2, -0.15) is 0 Å². The van der Waals surface area contributed by atoms with Gasteiger partial charge >= 0.3 is 12.0 Å². The van der Waals surface area contributed by atoms with Crippen LogP contribution in [0.1, 0.15) is 10.4 Å². The number of rotatable bonds is 3. The maximum Gasteiger partial charge on any atom is 0.337 e. The number of nitrogens with one attached hydrogen (secondary N) is 2. The summed E-state index contributed by atoms with van der Waals surface area (Å²) in [6, 6.07) is 3.73. The maximum atomic E-state index is 11.3. The van der Waals surface area contributed by atoms with Crippen molar-refractivity contribution in [3.8, 4) is 0 Å². The molecule has 0 aliphatic heterocycles. The van der Waals surface area contributed by atoms with Crippen LogP contribution in [0.4, 0.5) is 10.5 Å². The second kappa shape index (κ2) is 5.51. The average Bonchev–Trinajstić information content (AvgIpc) is 2.15. The number of carbonyl (C=O) groups excluding carboxylic acids is 1. The molecule has 0 atom stereocenters. The van der Waals surface area contributed by atoms with Gasteiger partial charge in [-0.05, 0) is 18.2 Å². The van der Waals surface area contributed by atoms with Crippen LogP contribution < -0.4 is 10.7 Å². The molecular formula is C10H12ClN3O3. The van der Waals surface area contributed by atoms with Crippen molar-refractivity contribution in [1.82, 2.24) is 10.4 Å². The van der Waals surface area contributed by atoms with Crippen LogP contribution in [0.3, 0.4) is 0 Å². The number of amides is 2. The maximum absolute atomic E-state index is 11.3. The zero-order chi connectivity index (χ0) is 13.0. The van der Waals surface area contributed by atoms with Crippen molar-refractivity contribution in [3.63, 3.8) is 0 Å². The van der Waals surface area contributed by atoms with Gasteiger partial charge in [0.2, 0.25) is 0 Å². The van der Waals surface area contributed by atoms with E-state index in [-0.39, 0.29) is 10.6 Å². The largest absolute Gasteiger partial charge is 0.478 e. The Morgan fingerprint density at radius 3 is 2.47 bits per heavy atom. The number of carboxylic acid groups (broad SMARTS) is 1. The van der Waals surface area contributed by atoms with E-state index >= 15 is 0 Å².